The molecule has 0 aliphatic carbocycles. The average molecular weight is 267 g/mol. The molecule has 1 aromatic rings. The molecule has 17 heavy (non-hydrogen) atoms. The van der Waals surface area contributed by atoms with Crippen LogP contribution in [-0.4, -0.2) is 68.2 Å². The van der Waals surface area contributed by atoms with E-state index in [0.29, 0.717) is 5.56 Å². The number of hydrogen-bond acceptors (Lipinski definition) is 4. The summed E-state index contributed by atoms with van der Waals surface area (Å²) in [6.45, 7) is 0.194. The van der Waals surface area contributed by atoms with Crippen LogP contribution in [0.4, 0.5) is 5.69 Å². The Labute approximate surface area is 123 Å². The summed E-state index contributed by atoms with van der Waals surface area (Å²) in [5.41, 5.74) is 1.35. The molecule has 0 spiro atoms. The molecule has 0 aliphatic heterocycles. The van der Waals surface area contributed by atoms with E-state index in [9.17, 15) is 13.2 Å². The minimum absolute atomic E-state index is 0. The second-order valence-corrected chi connectivity index (χ2v) is 4.99. The van der Waals surface area contributed by atoms with E-state index in [1.807, 2.05) is 0 Å². The van der Waals surface area contributed by atoms with Crippen LogP contribution >= 0.6 is 0 Å². The molecule has 0 aliphatic rings. The van der Waals surface area contributed by atoms with Crippen LogP contribution in [-0.2, 0) is 10.1 Å². The maximum absolute atomic E-state index is 10.6. The molecule has 7 heteroatoms. The van der Waals surface area contributed by atoms with Gasteiger partial charge in [0.15, 0.2) is 0 Å². The molecule has 90 valence electrons. The first-order valence-electron chi connectivity index (χ1n) is 4.64. The molecule has 0 aromatic heterocycles. The number of nitrogens with zero attached hydrogens (tertiary/aromatic N) is 1. The van der Waals surface area contributed by atoms with Gasteiger partial charge in [0.1, 0.15) is 6.29 Å². The van der Waals surface area contributed by atoms with E-state index in [1.54, 1.807) is 36.2 Å². The Morgan fingerprint density at radius 1 is 1.29 bits per heavy atom. The Morgan fingerprint density at radius 2 is 1.82 bits per heavy atom. The van der Waals surface area contributed by atoms with Crippen molar-refractivity contribution < 1.29 is 17.8 Å². The summed E-state index contributed by atoms with van der Waals surface area (Å²) in [6.07, 6.45) is 0.738. The summed E-state index contributed by atoms with van der Waals surface area (Å²) in [5.74, 6) is -0.321. The quantitative estimate of drug-likeness (QED) is 0.468. The van der Waals surface area contributed by atoms with E-state index in [4.69, 9.17) is 4.55 Å². The van der Waals surface area contributed by atoms with E-state index in [0.717, 1.165) is 12.0 Å². The third-order valence-corrected chi connectivity index (χ3v) is 2.85. The molecule has 0 bridgehead atoms. The summed E-state index contributed by atoms with van der Waals surface area (Å²) in [6, 6.07) is 6.72. The number of benzene rings is 1. The molecule has 0 atom stereocenters. The van der Waals surface area contributed by atoms with Gasteiger partial charge in [-0.25, -0.2) is 0 Å². The van der Waals surface area contributed by atoms with E-state index in [1.165, 1.54) is 0 Å². The van der Waals surface area contributed by atoms with Gasteiger partial charge in [0.2, 0.25) is 0 Å². The van der Waals surface area contributed by atoms with Crippen molar-refractivity contribution in [2.45, 2.75) is 0 Å². The molecule has 1 rings (SSSR count). The zero-order valence-corrected chi connectivity index (χ0v) is 9.64. The van der Waals surface area contributed by atoms with Gasteiger partial charge in [0, 0.05) is 24.8 Å². The van der Waals surface area contributed by atoms with Crippen LogP contribution in [0.15, 0.2) is 24.3 Å². The topological polar surface area (TPSA) is 74.7 Å². The first-order valence-corrected chi connectivity index (χ1v) is 6.25. The van der Waals surface area contributed by atoms with Crippen LogP contribution in [0.1, 0.15) is 10.4 Å². The fourth-order valence-corrected chi connectivity index (χ4v) is 1.69. The van der Waals surface area contributed by atoms with Crippen molar-refractivity contribution in [1.29, 1.82) is 0 Å². The van der Waals surface area contributed by atoms with Gasteiger partial charge in [0.25, 0.3) is 10.1 Å². The van der Waals surface area contributed by atoms with Crippen LogP contribution < -0.4 is 4.90 Å². The Bertz CT molecular complexity index is 458. The molecule has 5 nitrogen and oxygen atoms in total. The van der Waals surface area contributed by atoms with Gasteiger partial charge in [-0.2, -0.15) is 8.42 Å². The fraction of sp³-hybridized carbons (Fsp3) is 0.300. The monoisotopic (exact) mass is 267 g/mol. The van der Waals surface area contributed by atoms with Crippen LogP contribution in [0.3, 0.4) is 0 Å². The second-order valence-electron chi connectivity index (χ2n) is 3.42. The van der Waals surface area contributed by atoms with Crippen molar-refractivity contribution in [3.05, 3.63) is 29.8 Å². The number of rotatable bonds is 5. The number of aldehydes is 1. The van der Waals surface area contributed by atoms with Gasteiger partial charge < -0.3 is 4.90 Å². The van der Waals surface area contributed by atoms with Gasteiger partial charge >= 0.3 is 29.6 Å². The van der Waals surface area contributed by atoms with Crippen LogP contribution in [0.25, 0.3) is 0 Å². The summed E-state index contributed by atoms with van der Waals surface area (Å²) in [4.78, 5) is 12.1. The van der Waals surface area contributed by atoms with Crippen LogP contribution in [0.2, 0.25) is 0 Å². The summed E-state index contributed by atoms with van der Waals surface area (Å²) >= 11 is 0. The van der Waals surface area contributed by atoms with E-state index >= 15 is 0 Å². The predicted octanol–water partition coefficient (Wildman–Crippen LogP) is 0.175. The van der Waals surface area contributed by atoms with Crippen LogP contribution in [0, 0.1) is 0 Å². The standard InChI is InChI=1S/C10H13NO4S.Na.H/c1-11(6-7-16(13,14)15)10-4-2-9(8-12)3-5-10;;/h2-5,8H,6-7H2,1H3,(H,13,14,15);;. The first-order chi connectivity index (χ1) is 7.42. The predicted molar refractivity (Wildman–Crippen MR) is 68.7 cm³/mol. The molecule has 0 radical (unpaired) electrons. The van der Waals surface area contributed by atoms with Gasteiger partial charge in [0.05, 0.1) is 5.75 Å². The zero-order valence-electron chi connectivity index (χ0n) is 8.83. The Balaban J connectivity index is 0.00000256. The molecular weight excluding hydrogens is 253 g/mol. The van der Waals surface area contributed by atoms with Gasteiger partial charge in [-0.1, -0.05) is 0 Å². The molecule has 0 saturated carbocycles. The molecular formula is C10H14NNaO4S. The SMILES string of the molecule is CN(CCS(=O)(=O)O)c1ccc(C=O)cc1.[NaH]. The summed E-state index contributed by atoms with van der Waals surface area (Å²) in [5, 5.41) is 0. The Kier molecular flexibility index (Phi) is 6.96. The molecule has 0 unspecified atom stereocenters. The molecule has 0 heterocycles. The third-order valence-electron chi connectivity index (χ3n) is 2.15. The van der Waals surface area contributed by atoms with Crippen molar-refractivity contribution >= 4 is 51.6 Å². The van der Waals surface area contributed by atoms with E-state index in [2.05, 4.69) is 0 Å². The number of carbonyl (C=O) groups excluding carboxylic acids is 1. The van der Waals surface area contributed by atoms with E-state index < -0.39 is 10.1 Å². The van der Waals surface area contributed by atoms with Crippen molar-refractivity contribution in [2.75, 3.05) is 24.2 Å². The van der Waals surface area contributed by atoms with Crippen molar-refractivity contribution in [1.82, 2.24) is 0 Å². The molecule has 1 aromatic carbocycles. The second kappa shape index (κ2) is 7.13. The van der Waals surface area contributed by atoms with Gasteiger partial charge in [-0.3, -0.25) is 9.35 Å². The zero-order chi connectivity index (χ0) is 12.2. The molecule has 0 saturated heterocycles. The molecule has 0 fully saturated rings. The van der Waals surface area contributed by atoms with E-state index in [-0.39, 0.29) is 41.9 Å². The number of anilines is 1. The molecule has 0 amide bonds. The summed E-state index contributed by atoms with van der Waals surface area (Å²) in [7, 11) is -2.23. The Hall–Kier alpha value is -0.400. The van der Waals surface area contributed by atoms with Gasteiger partial charge in [-0.05, 0) is 24.3 Å². The van der Waals surface area contributed by atoms with Crippen molar-refractivity contribution in [2.24, 2.45) is 0 Å². The number of hydrogen-bond donors (Lipinski definition) is 1. The average Bonchev–Trinajstić information content (AvgIpc) is 2.25. The first kappa shape index (κ1) is 16.6. The fourth-order valence-electron chi connectivity index (χ4n) is 1.19. The van der Waals surface area contributed by atoms with Crippen molar-refractivity contribution in [3.8, 4) is 0 Å². The normalized spacial score (nSPS) is 10.5. The maximum atomic E-state index is 10.6. The number of carbonyl (C=O) groups is 1. The molecule has 1 N–H and O–H groups in total. The summed E-state index contributed by atoms with van der Waals surface area (Å²) < 4.78 is 29.7. The van der Waals surface area contributed by atoms with Gasteiger partial charge in [-0.15, -0.1) is 0 Å². The third kappa shape index (κ3) is 6.18. The Morgan fingerprint density at radius 3 is 2.24 bits per heavy atom. The van der Waals surface area contributed by atoms with Crippen molar-refractivity contribution in [3.63, 3.8) is 0 Å². The minimum atomic E-state index is -3.94. The van der Waals surface area contributed by atoms with Crippen LogP contribution in [0.5, 0.6) is 0 Å².